The van der Waals surface area contributed by atoms with E-state index < -0.39 is 12.0 Å². The summed E-state index contributed by atoms with van der Waals surface area (Å²) in [4.78, 5) is 24.7. The molecule has 3 atom stereocenters. The molecule has 2 unspecified atom stereocenters. The van der Waals surface area contributed by atoms with E-state index in [-0.39, 0.29) is 17.2 Å². The highest BCUT2D eigenvalue weighted by atomic mass is 16.4. The van der Waals surface area contributed by atoms with Crippen molar-refractivity contribution in [1.29, 1.82) is 0 Å². The molecule has 2 fully saturated rings. The third-order valence-electron chi connectivity index (χ3n) is 4.28. The zero-order chi connectivity index (χ0) is 11.9. The summed E-state index contributed by atoms with van der Waals surface area (Å²) < 4.78 is 0. The molecule has 0 aromatic heterocycles. The van der Waals surface area contributed by atoms with Crippen molar-refractivity contribution in [2.24, 2.45) is 11.3 Å². The molecule has 2 aliphatic rings. The first-order valence-corrected chi connectivity index (χ1v) is 6.03. The van der Waals surface area contributed by atoms with Crippen LogP contribution in [0.25, 0.3) is 0 Å². The fraction of sp³-hybridized carbons (Fsp3) is 0.833. The fourth-order valence-electron chi connectivity index (χ4n) is 2.67. The van der Waals surface area contributed by atoms with E-state index in [2.05, 4.69) is 13.8 Å². The Morgan fingerprint density at radius 3 is 2.69 bits per heavy atom. The highest BCUT2D eigenvalue weighted by molar-refractivity contribution is 5.87. The maximum Gasteiger partial charge on any atom is 0.326 e. The number of rotatable bonds is 3. The van der Waals surface area contributed by atoms with Crippen LogP contribution >= 0.6 is 0 Å². The third kappa shape index (κ3) is 1.70. The molecule has 1 amide bonds. The topological polar surface area (TPSA) is 57.6 Å². The Morgan fingerprint density at radius 2 is 2.19 bits per heavy atom. The Labute approximate surface area is 95.6 Å². The molecule has 4 nitrogen and oxygen atoms in total. The summed E-state index contributed by atoms with van der Waals surface area (Å²) in [5.74, 6) is -0.726. The van der Waals surface area contributed by atoms with Crippen LogP contribution in [0.15, 0.2) is 0 Å². The molecule has 0 spiro atoms. The highest BCUT2D eigenvalue weighted by Gasteiger charge is 2.55. The first kappa shape index (κ1) is 11.4. The maximum absolute atomic E-state index is 12.2. The van der Waals surface area contributed by atoms with E-state index >= 15 is 0 Å². The van der Waals surface area contributed by atoms with E-state index in [1.807, 2.05) is 0 Å². The molecule has 16 heavy (non-hydrogen) atoms. The number of carbonyl (C=O) groups is 2. The Hall–Kier alpha value is -1.06. The van der Waals surface area contributed by atoms with E-state index in [4.69, 9.17) is 5.11 Å². The van der Waals surface area contributed by atoms with Gasteiger partial charge in [0, 0.05) is 12.5 Å². The summed E-state index contributed by atoms with van der Waals surface area (Å²) in [6.07, 6.45) is 3.34. The van der Waals surface area contributed by atoms with Crippen molar-refractivity contribution in [1.82, 2.24) is 4.90 Å². The summed E-state index contributed by atoms with van der Waals surface area (Å²) in [6, 6.07) is -0.575. The van der Waals surface area contributed by atoms with Crippen molar-refractivity contribution >= 4 is 11.9 Å². The standard InChI is InChI=1S/C12H19NO3/c1-3-12(2)7-8(12)10(14)13-6-4-5-9(13)11(15)16/h8-9H,3-7H2,1-2H3,(H,15,16)/t8?,9-,12?/m1/s1. The minimum atomic E-state index is -0.857. The van der Waals surface area contributed by atoms with Gasteiger partial charge in [-0.25, -0.2) is 4.79 Å². The Kier molecular flexibility index (Phi) is 2.68. The highest BCUT2D eigenvalue weighted by Crippen LogP contribution is 2.55. The van der Waals surface area contributed by atoms with Crippen molar-refractivity contribution in [2.45, 2.75) is 45.6 Å². The second kappa shape index (κ2) is 3.75. The second-order valence-electron chi connectivity index (χ2n) is 5.29. The lowest BCUT2D eigenvalue weighted by Crippen LogP contribution is -2.41. The molecule has 1 aliphatic heterocycles. The van der Waals surface area contributed by atoms with E-state index in [0.29, 0.717) is 13.0 Å². The summed E-state index contributed by atoms with van der Waals surface area (Å²) in [5, 5.41) is 9.03. The van der Waals surface area contributed by atoms with Gasteiger partial charge in [0.25, 0.3) is 0 Å². The second-order valence-corrected chi connectivity index (χ2v) is 5.29. The van der Waals surface area contributed by atoms with Gasteiger partial charge in [-0.05, 0) is 31.1 Å². The molecule has 1 saturated heterocycles. The van der Waals surface area contributed by atoms with Gasteiger partial charge in [0.15, 0.2) is 0 Å². The number of carbonyl (C=O) groups excluding carboxylic acids is 1. The average molecular weight is 225 g/mol. The predicted octanol–water partition coefficient (Wildman–Crippen LogP) is 1.50. The number of amides is 1. The molecular formula is C12H19NO3. The molecular weight excluding hydrogens is 206 g/mol. The van der Waals surface area contributed by atoms with Crippen molar-refractivity contribution in [3.63, 3.8) is 0 Å². The number of nitrogens with zero attached hydrogens (tertiary/aromatic N) is 1. The number of aliphatic carboxylic acids is 1. The minimum absolute atomic E-state index is 0.0641. The summed E-state index contributed by atoms with van der Waals surface area (Å²) in [6.45, 7) is 4.82. The van der Waals surface area contributed by atoms with Crippen LogP contribution in [-0.4, -0.2) is 34.5 Å². The summed E-state index contributed by atoms with van der Waals surface area (Å²) in [7, 11) is 0. The van der Waals surface area contributed by atoms with E-state index in [9.17, 15) is 9.59 Å². The normalized spacial score (nSPS) is 37.5. The Morgan fingerprint density at radius 1 is 1.50 bits per heavy atom. The zero-order valence-electron chi connectivity index (χ0n) is 9.90. The van der Waals surface area contributed by atoms with Gasteiger partial charge in [0.1, 0.15) is 6.04 Å². The molecule has 2 rings (SSSR count). The zero-order valence-corrected chi connectivity index (χ0v) is 9.90. The van der Waals surface area contributed by atoms with Crippen LogP contribution in [0.4, 0.5) is 0 Å². The quantitative estimate of drug-likeness (QED) is 0.791. The molecule has 0 radical (unpaired) electrons. The molecule has 0 bridgehead atoms. The van der Waals surface area contributed by atoms with Gasteiger partial charge >= 0.3 is 5.97 Å². The van der Waals surface area contributed by atoms with E-state index in [0.717, 1.165) is 19.3 Å². The lowest BCUT2D eigenvalue weighted by molar-refractivity contribution is -0.149. The van der Waals surface area contributed by atoms with Crippen molar-refractivity contribution in [2.75, 3.05) is 6.54 Å². The van der Waals surface area contributed by atoms with Gasteiger partial charge in [0.05, 0.1) is 0 Å². The molecule has 90 valence electrons. The van der Waals surface area contributed by atoms with Gasteiger partial charge in [-0.2, -0.15) is 0 Å². The Balaban J connectivity index is 2.03. The van der Waals surface area contributed by atoms with Gasteiger partial charge < -0.3 is 10.0 Å². The van der Waals surface area contributed by atoms with Gasteiger partial charge in [-0.1, -0.05) is 13.8 Å². The first-order chi connectivity index (χ1) is 7.49. The molecule has 1 saturated carbocycles. The van der Waals surface area contributed by atoms with Crippen molar-refractivity contribution in [3.05, 3.63) is 0 Å². The molecule has 1 aliphatic carbocycles. The van der Waals surface area contributed by atoms with Crippen molar-refractivity contribution in [3.8, 4) is 0 Å². The average Bonchev–Trinajstić information content (AvgIpc) is 2.74. The van der Waals surface area contributed by atoms with Gasteiger partial charge in [0.2, 0.25) is 5.91 Å². The molecule has 1 heterocycles. The number of hydrogen-bond acceptors (Lipinski definition) is 2. The van der Waals surface area contributed by atoms with Crippen LogP contribution in [0.1, 0.15) is 39.5 Å². The van der Waals surface area contributed by atoms with Crippen LogP contribution in [0.3, 0.4) is 0 Å². The Bertz CT molecular complexity index is 328. The van der Waals surface area contributed by atoms with Crippen LogP contribution in [0.2, 0.25) is 0 Å². The molecule has 0 aromatic carbocycles. The van der Waals surface area contributed by atoms with Crippen LogP contribution in [-0.2, 0) is 9.59 Å². The third-order valence-corrected chi connectivity index (χ3v) is 4.28. The van der Waals surface area contributed by atoms with Crippen LogP contribution in [0.5, 0.6) is 0 Å². The summed E-state index contributed by atoms with van der Waals surface area (Å²) in [5.41, 5.74) is 0.128. The minimum Gasteiger partial charge on any atom is -0.480 e. The van der Waals surface area contributed by atoms with Crippen LogP contribution < -0.4 is 0 Å². The van der Waals surface area contributed by atoms with Gasteiger partial charge in [-0.3, -0.25) is 4.79 Å². The number of carboxylic acids is 1. The molecule has 1 N–H and O–H groups in total. The van der Waals surface area contributed by atoms with Crippen LogP contribution in [0, 0.1) is 11.3 Å². The lowest BCUT2D eigenvalue weighted by atomic mass is 10.0. The number of hydrogen-bond donors (Lipinski definition) is 1. The number of likely N-dealkylation sites (tertiary alicyclic amines) is 1. The predicted molar refractivity (Wildman–Crippen MR) is 58.9 cm³/mol. The van der Waals surface area contributed by atoms with E-state index in [1.165, 1.54) is 0 Å². The summed E-state index contributed by atoms with van der Waals surface area (Å²) >= 11 is 0. The smallest absolute Gasteiger partial charge is 0.326 e. The molecule has 0 aromatic rings. The molecule has 4 heteroatoms. The fourth-order valence-corrected chi connectivity index (χ4v) is 2.67. The SMILES string of the molecule is CCC1(C)CC1C(=O)N1CCC[C@@H]1C(=O)O. The monoisotopic (exact) mass is 225 g/mol. The lowest BCUT2D eigenvalue weighted by Gasteiger charge is -2.22. The number of carboxylic acid groups (broad SMARTS) is 1. The van der Waals surface area contributed by atoms with Crippen molar-refractivity contribution < 1.29 is 14.7 Å². The van der Waals surface area contributed by atoms with Gasteiger partial charge in [-0.15, -0.1) is 0 Å². The first-order valence-electron chi connectivity index (χ1n) is 6.03. The van der Waals surface area contributed by atoms with E-state index in [1.54, 1.807) is 4.90 Å². The maximum atomic E-state index is 12.2. The largest absolute Gasteiger partial charge is 0.480 e.